The average Bonchev–Trinajstić information content (AvgIpc) is 3.13. The third-order valence-corrected chi connectivity index (χ3v) is 6.62. The van der Waals surface area contributed by atoms with Crippen molar-refractivity contribution in [1.82, 2.24) is 0 Å². The van der Waals surface area contributed by atoms with E-state index < -0.39 is 0 Å². The van der Waals surface area contributed by atoms with Crippen LogP contribution in [0.3, 0.4) is 0 Å². The number of rotatable bonds is 4. The summed E-state index contributed by atoms with van der Waals surface area (Å²) in [7, 11) is 0. The second-order valence-corrected chi connectivity index (χ2v) is 8.78. The van der Waals surface area contributed by atoms with Gasteiger partial charge in [-0.3, -0.25) is 9.98 Å². The van der Waals surface area contributed by atoms with Crippen LogP contribution in [0.2, 0.25) is 0 Å². The van der Waals surface area contributed by atoms with Crippen molar-refractivity contribution in [2.45, 2.75) is 13.8 Å². The minimum atomic E-state index is 0.940. The Kier molecular flexibility index (Phi) is 5.19. The van der Waals surface area contributed by atoms with E-state index in [2.05, 4.69) is 38.1 Å². The van der Waals surface area contributed by atoms with Crippen molar-refractivity contribution in [3.8, 4) is 0 Å². The lowest BCUT2D eigenvalue weighted by Gasteiger charge is -2.04. The molecule has 1 aromatic heterocycles. The number of aliphatic imine (C=N–C) groups is 2. The summed E-state index contributed by atoms with van der Waals surface area (Å²) in [4.78, 5) is 9.41. The van der Waals surface area contributed by atoms with Crippen molar-refractivity contribution < 1.29 is 0 Å². The van der Waals surface area contributed by atoms with Crippen molar-refractivity contribution >= 4 is 55.3 Å². The molecule has 0 atom stereocenters. The molecule has 5 aromatic rings. The number of aryl methyl sites for hydroxylation is 2. The highest BCUT2D eigenvalue weighted by Gasteiger charge is 2.10. The number of benzene rings is 4. The average molecular weight is 419 g/mol. The van der Waals surface area contributed by atoms with E-state index in [1.165, 1.54) is 31.3 Å². The van der Waals surface area contributed by atoms with Gasteiger partial charge in [-0.2, -0.15) is 0 Å². The molecule has 0 spiro atoms. The zero-order valence-corrected chi connectivity index (χ0v) is 18.4. The molecule has 0 saturated heterocycles. The fourth-order valence-electron chi connectivity index (χ4n) is 3.65. The quantitative estimate of drug-likeness (QED) is 0.263. The molecule has 0 radical (unpaired) electrons. The number of hydrogen-bond acceptors (Lipinski definition) is 3. The lowest BCUT2D eigenvalue weighted by molar-refractivity contribution is 1.37. The molecule has 0 amide bonds. The van der Waals surface area contributed by atoms with Crippen LogP contribution in [0.1, 0.15) is 22.3 Å². The van der Waals surface area contributed by atoms with Crippen LogP contribution in [0.25, 0.3) is 20.2 Å². The Morgan fingerprint density at radius 2 is 1.06 bits per heavy atom. The van der Waals surface area contributed by atoms with Gasteiger partial charge in [0.05, 0.1) is 11.4 Å². The Morgan fingerprint density at radius 1 is 0.581 bits per heavy atom. The van der Waals surface area contributed by atoms with Gasteiger partial charge in [-0.15, -0.1) is 11.3 Å². The Labute approximate surface area is 186 Å². The molecule has 0 aliphatic carbocycles. The summed E-state index contributed by atoms with van der Waals surface area (Å²) < 4.78 is 2.59. The van der Waals surface area contributed by atoms with Crippen LogP contribution in [-0.2, 0) is 0 Å². The van der Waals surface area contributed by atoms with Gasteiger partial charge in [0.1, 0.15) is 0 Å². The van der Waals surface area contributed by atoms with Crippen LogP contribution >= 0.6 is 11.3 Å². The third-order valence-electron chi connectivity index (χ3n) is 5.51. The Balaban J connectivity index is 1.67. The van der Waals surface area contributed by atoms with Gasteiger partial charge in [0.25, 0.3) is 0 Å². The first-order chi connectivity index (χ1) is 15.2. The number of nitrogens with zero attached hydrogens (tertiary/aromatic N) is 2. The maximum Gasteiger partial charge on any atom is 0.0629 e. The van der Waals surface area contributed by atoms with Crippen molar-refractivity contribution in [3.63, 3.8) is 0 Å². The minimum absolute atomic E-state index is 0.940. The highest BCUT2D eigenvalue weighted by molar-refractivity contribution is 7.25. The number of thiophene rings is 1. The summed E-state index contributed by atoms with van der Waals surface area (Å²) in [6, 6.07) is 29.2. The smallest absolute Gasteiger partial charge is 0.0629 e. The van der Waals surface area contributed by atoms with E-state index in [1.807, 2.05) is 84.4 Å². The standard InChI is InChI=1S/C28H22N2S/c1-19-13-25-26-15-21(17-29-23-9-5-3-6-10-23)22(18-30-24-11-7-4-8-12-24)16-28(26)31-27(25)14-20(19)2/h3-18H,1-2H3/b29-17+,30-18+. The van der Waals surface area contributed by atoms with Crippen molar-refractivity contribution in [3.05, 3.63) is 107 Å². The molecule has 0 bridgehead atoms. The zero-order chi connectivity index (χ0) is 21.2. The lowest BCUT2D eigenvalue weighted by atomic mass is 10.0. The molecule has 0 saturated carbocycles. The first-order valence-corrected chi connectivity index (χ1v) is 11.1. The Bertz CT molecular complexity index is 1430. The SMILES string of the molecule is Cc1cc2sc3cc(/C=N/c4ccccc4)c(/C=N/c4ccccc4)cc3c2cc1C. The topological polar surface area (TPSA) is 24.7 Å². The summed E-state index contributed by atoms with van der Waals surface area (Å²) in [5.41, 5.74) is 6.66. The minimum Gasteiger partial charge on any atom is -0.256 e. The molecular weight excluding hydrogens is 396 g/mol. The second-order valence-electron chi connectivity index (χ2n) is 7.70. The van der Waals surface area contributed by atoms with Gasteiger partial charge >= 0.3 is 0 Å². The van der Waals surface area contributed by atoms with Crippen LogP contribution in [0, 0.1) is 13.8 Å². The normalized spacial score (nSPS) is 11.9. The molecule has 0 fully saturated rings. The highest BCUT2D eigenvalue weighted by Crippen LogP contribution is 2.36. The van der Waals surface area contributed by atoms with E-state index in [-0.39, 0.29) is 0 Å². The van der Waals surface area contributed by atoms with Gasteiger partial charge in [0.2, 0.25) is 0 Å². The largest absolute Gasteiger partial charge is 0.256 e. The van der Waals surface area contributed by atoms with E-state index in [1.54, 1.807) is 0 Å². The maximum absolute atomic E-state index is 4.71. The van der Waals surface area contributed by atoms with Crippen LogP contribution in [-0.4, -0.2) is 12.4 Å². The molecule has 5 rings (SSSR count). The molecule has 3 heteroatoms. The molecule has 1 heterocycles. The summed E-state index contributed by atoms with van der Waals surface area (Å²) in [6.07, 6.45) is 3.90. The molecule has 0 aliphatic heterocycles. The van der Waals surface area contributed by atoms with E-state index in [0.717, 1.165) is 22.5 Å². The third kappa shape index (κ3) is 4.05. The molecule has 2 nitrogen and oxygen atoms in total. The molecule has 0 aliphatic rings. The highest BCUT2D eigenvalue weighted by atomic mass is 32.1. The molecular formula is C28H22N2S. The maximum atomic E-state index is 4.71. The fraction of sp³-hybridized carbons (Fsp3) is 0.0714. The molecule has 31 heavy (non-hydrogen) atoms. The summed E-state index contributed by atoms with van der Waals surface area (Å²) in [6.45, 7) is 4.35. The van der Waals surface area contributed by atoms with Crippen molar-refractivity contribution in [2.24, 2.45) is 9.98 Å². The molecule has 150 valence electrons. The van der Waals surface area contributed by atoms with E-state index in [0.29, 0.717) is 0 Å². The first kappa shape index (κ1) is 19.4. The summed E-state index contributed by atoms with van der Waals surface area (Å²) in [5, 5.41) is 2.58. The van der Waals surface area contributed by atoms with E-state index in [9.17, 15) is 0 Å². The van der Waals surface area contributed by atoms with Crippen LogP contribution in [0.4, 0.5) is 11.4 Å². The summed E-state index contributed by atoms with van der Waals surface area (Å²) >= 11 is 1.84. The molecule has 4 aromatic carbocycles. The Morgan fingerprint density at radius 3 is 1.68 bits per heavy atom. The van der Waals surface area contributed by atoms with Crippen LogP contribution in [0.5, 0.6) is 0 Å². The number of fused-ring (bicyclic) bond motifs is 3. The van der Waals surface area contributed by atoms with Gasteiger partial charge in [0.15, 0.2) is 0 Å². The van der Waals surface area contributed by atoms with Gasteiger partial charge in [-0.05, 0) is 73.5 Å². The zero-order valence-electron chi connectivity index (χ0n) is 17.5. The van der Waals surface area contributed by atoms with Crippen molar-refractivity contribution in [2.75, 3.05) is 0 Å². The van der Waals surface area contributed by atoms with Gasteiger partial charge in [0, 0.05) is 43.7 Å². The van der Waals surface area contributed by atoms with E-state index >= 15 is 0 Å². The predicted octanol–water partition coefficient (Wildman–Crippen LogP) is 8.17. The first-order valence-electron chi connectivity index (χ1n) is 10.3. The van der Waals surface area contributed by atoms with Gasteiger partial charge in [-0.1, -0.05) is 36.4 Å². The van der Waals surface area contributed by atoms with Crippen LogP contribution in [0.15, 0.2) is 94.9 Å². The second kappa shape index (κ2) is 8.29. The van der Waals surface area contributed by atoms with Gasteiger partial charge < -0.3 is 0 Å². The van der Waals surface area contributed by atoms with E-state index in [4.69, 9.17) is 9.98 Å². The predicted molar refractivity (Wildman–Crippen MR) is 136 cm³/mol. The monoisotopic (exact) mass is 418 g/mol. The number of para-hydroxylation sites is 2. The summed E-state index contributed by atoms with van der Waals surface area (Å²) in [5.74, 6) is 0. The molecule has 0 N–H and O–H groups in total. The van der Waals surface area contributed by atoms with Crippen LogP contribution < -0.4 is 0 Å². The Hall–Kier alpha value is -3.56. The molecule has 0 unspecified atom stereocenters. The fourth-order valence-corrected chi connectivity index (χ4v) is 4.87. The van der Waals surface area contributed by atoms with Crippen molar-refractivity contribution in [1.29, 1.82) is 0 Å². The number of hydrogen-bond donors (Lipinski definition) is 0. The lowest BCUT2D eigenvalue weighted by Crippen LogP contribution is -1.91. The van der Waals surface area contributed by atoms with Gasteiger partial charge in [-0.25, -0.2) is 0 Å².